The highest BCUT2D eigenvalue weighted by molar-refractivity contribution is 5.69. The Morgan fingerprint density at radius 1 is 1.41 bits per heavy atom. The van der Waals surface area contributed by atoms with E-state index in [0.29, 0.717) is 31.8 Å². The van der Waals surface area contributed by atoms with Gasteiger partial charge in [-0.2, -0.15) is 0 Å². The predicted molar refractivity (Wildman–Crippen MR) is 85.2 cm³/mol. The Kier molecular flexibility index (Phi) is 6.74. The van der Waals surface area contributed by atoms with E-state index in [1.807, 2.05) is 6.92 Å². The lowest BCUT2D eigenvalue weighted by molar-refractivity contribution is -0.143. The normalized spacial score (nSPS) is 30.4. The van der Waals surface area contributed by atoms with Crippen molar-refractivity contribution < 1.29 is 19.4 Å². The third-order valence-electron chi connectivity index (χ3n) is 4.93. The van der Waals surface area contributed by atoms with Crippen LogP contribution in [-0.4, -0.2) is 29.9 Å². The molecule has 4 nitrogen and oxygen atoms in total. The summed E-state index contributed by atoms with van der Waals surface area (Å²) in [7, 11) is 0. The number of unbranched alkanes of at least 4 members (excludes halogenated alkanes) is 2. The topological polar surface area (TPSA) is 55.8 Å². The highest BCUT2D eigenvalue weighted by Crippen LogP contribution is 2.43. The number of carbonyl (C=O) groups is 1. The number of aliphatic hydroxyl groups excluding tert-OH is 1. The Balaban J connectivity index is 1.84. The highest BCUT2D eigenvalue weighted by Gasteiger charge is 2.44. The van der Waals surface area contributed by atoms with Crippen LogP contribution in [0.5, 0.6) is 0 Å². The zero-order valence-electron chi connectivity index (χ0n) is 13.9. The minimum Gasteiger partial charge on any atom is -0.495 e. The van der Waals surface area contributed by atoms with E-state index in [2.05, 4.69) is 13.0 Å². The summed E-state index contributed by atoms with van der Waals surface area (Å²) in [6, 6.07) is 0. The monoisotopic (exact) mass is 310 g/mol. The standard InChI is InChI=1S/C18H30O4/c1-3-5-6-7-13-8-9-15-14(10-11-18(20)21-4-2)16(19)12-17(15)22-13/h8,14-17,19H,3-7,9-12H2,1-2H3. The number of carbonyl (C=O) groups excluding carboxylic acids is 1. The molecule has 1 N–H and O–H groups in total. The van der Waals surface area contributed by atoms with Crippen LogP contribution in [0.15, 0.2) is 11.8 Å². The summed E-state index contributed by atoms with van der Waals surface area (Å²) in [4.78, 5) is 11.5. The molecule has 0 radical (unpaired) electrons. The molecule has 0 aromatic rings. The van der Waals surface area contributed by atoms with Crippen molar-refractivity contribution in [2.24, 2.45) is 11.8 Å². The van der Waals surface area contributed by atoms with Crippen molar-refractivity contribution in [3.63, 3.8) is 0 Å². The highest BCUT2D eigenvalue weighted by atomic mass is 16.5. The van der Waals surface area contributed by atoms with Crippen LogP contribution >= 0.6 is 0 Å². The van der Waals surface area contributed by atoms with Crippen molar-refractivity contribution in [1.29, 1.82) is 0 Å². The predicted octanol–water partition coefficient (Wildman–Crippen LogP) is 3.58. The Labute approximate surface area is 133 Å². The number of aliphatic hydroxyl groups is 1. The summed E-state index contributed by atoms with van der Waals surface area (Å²) in [6.45, 7) is 4.44. The number of ether oxygens (including phenoxy) is 2. The number of allylic oxidation sites excluding steroid dienone is 2. The fourth-order valence-corrected chi connectivity index (χ4v) is 3.76. The minimum atomic E-state index is -0.354. The summed E-state index contributed by atoms with van der Waals surface area (Å²) in [5.74, 6) is 1.45. The lowest BCUT2D eigenvalue weighted by Gasteiger charge is -2.30. The zero-order chi connectivity index (χ0) is 15.9. The SMILES string of the molecule is CCCCCC1=CCC2C(CC(O)C2CCC(=O)OCC)O1. The molecule has 1 fully saturated rings. The van der Waals surface area contributed by atoms with Gasteiger partial charge in [0.2, 0.25) is 0 Å². The van der Waals surface area contributed by atoms with Gasteiger partial charge in [-0.1, -0.05) is 19.8 Å². The third kappa shape index (κ3) is 4.48. The van der Waals surface area contributed by atoms with E-state index in [-0.39, 0.29) is 24.1 Å². The van der Waals surface area contributed by atoms with Gasteiger partial charge in [0.05, 0.1) is 18.5 Å². The van der Waals surface area contributed by atoms with Crippen molar-refractivity contribution in [3.8, 4) is 0 Å². The summed E-state index contributed by atoms with van der Waals surface area (Å²) < 4.78 is 11.1. The molecule has 22 heavy (non-hydrogen) atoms. The largest absolute Gasteiger partial charge is 0.495 e. The fourth-order valence-electron chi connectivity index (χ4n) is 3.76. The quantitative estimate of drug-likeness (QED) is 0.550. The van der Waals surface area contributed by atoms with E-state index in [0.717, 1.165) is 18.6 Å². The van der Waals surface area contributed by atoms with Crippen molar-refractivity contribution in [1.82, 2.24) is 0 Å². The number of esters is 1. The van der Waals surface area contributed by atoms with Crippen molar-refractivity contribution in [2.45, 2.75) is 77.4 Å². The molecule has 4 heteroatoms. The molecular formula is C18H30O4. The van der Waals surface area contributed by atoms with Crippen molar-refractivity contribution >= 4 is 5.97 Å². The van der Waals surface area contributed by atoms with Crippen LogP contribution in [0.3, 0.4) is 0 Å². The van der Waals surface area contributed by atoms with E-state index in [9.17, 15) is 9.90 Å². The fraction of sp³-hybridized carbons (Fsp3) is 0.833. The number of rotatable bonds is 8. The Hall–Kier alpha value is -1.03. The lowest BCUT2D eigenvalue weighted by atomic mass is 9.85. The molecule has 0 aromatic heterocycles. The average molecular weight is 310 g/mol. The molecule has 1 heterocycles. The Morgan fingerprint density at radius 3 is 2.95 bits per heavy atom. The van der Waals surface area contributed by atoms with Crippen LogP contribution in [0, 0.1) is 11.8 Å². The second-order valence-electron chi connectivity index (χ2n) is 6.49. The van der Waals surface area contributed by atoms with Crippen molar-refractivity contribution in [3.05, 3.63) is 11.8 Å². The van der Waals surface area contributed by atoms with E-state index in [1.54, 1.807) is 0 Å². The molecule has 0 bridgehead atoms. The molecule has 1 saturated carbocycles. The first-order chi connectivity index (χ1) is 10.7. The van der Waals surface area contributed by atoms with Crippen molar-refractivity contribution in [2.75, 3.05) is 6.61 Å². The number of hydrogen-bond acceptors (Lipinski definition) is 4. The first-order valence-electron chi connectivity index (χ1n) is 8.85. The molecule has 126 valence electrons. The van der Waals surface area contributed by atoms with Crippen LogP contribution in [0.2, 0.25) is 0 Å². The second kappa shape index (κ2) is 8.56. The summed E-state index contributed by atoms with van der Waals surface area (Å²) in [5, 5.41) is 10.3. The van der Waals surface area contributed by atoms with E-state index in [4.69, 9.17) is 9.47 Å². The zero-order valence-corrected chi connectivity index (χ0v) is 13.9. The molecule has 4 unspecified atom stereocenters. The van der Waals surface area contributed by atoms with Gasteiger partial charge in [-0.25, -0.2) is 0 Å². The van der Waals surface area contributed by atoms with Gasteiger partial charge in [0.25, 0.3) is 0 Å². The molecule has 2 rings (SSSR count). The minimum absolute atomic E-state index is 0.129. The van der Waals surface area contributed by atoms with Gasteiger partial charge in [-0.05, 0) is 38.2 Å². The Bertz CT molecular complexity index is 391. The van der Waals surface area contributed by atoms with Gasteiger partial charge in [0.1, 0.15) is 6.10 Å². The van der Waals surface area contributed by atoms with Gasteiger partial charge in [-0.15, -0.1) is 0 Å². The summed E-state index contributed by atoms with van der Waals surface area (Å²) >= 11 is 0. The van der Waals surface area contributed by atoms with E-state index in [1.165, 1.54) is 19.3 Å². The average Bonchev–Trinajstić information content (AvgIpc) is 2.80. The van der Waals surface area contributed by atoms with Gasteiger partial charge in [-0.3, -0.25) is 4.79 Å². The summed E-state index contributed by atoms with van der Waals surface area (Å²) in [6.07, 6.45) is 9.38. The molecule has 0 amide bonds. The van der Waals surface area contributed by atoms with E-state index < -0.39 is 0 Å². The molecule has 2 aliphatic rings. The first kappa shape index (κ1) is 17.3. The maximum Gasteiger partial charge on any atom is 0.305 e. The van der Waals surface area contributed by atoms with Gasteiger partial charge in [0, 0.05) is 25.2 Å². The number of fused-ring (bicyclic) bond motifs is 1. The lowest BCUT2D eigenvalue weighted by Crippen LogP contribution is -2.27. The van der Waals surface area contributed by atoms with Gasteiger partial charge < -0.3 is 14.6 Å². The summed E-state index contributed by atoms with van der Waals surface area (Å²) in [5.41, 5.74) is 0. The maximum absolute atomic E-state index is 11.5. The van der Waals surface area contributed by atoms with Gasteiger partial charge >= 0.3 is 5.97 Å². The van der Waals surface area contributed by atoms with Crippen LogP contribution < -0.4 is 0 Å². The number of hydrogen-bond donors (Lipinski definition) is 1. The first-order valence-corrected chi connectivity index (χ1v) is 8.85. The Morgan fingerprint density at radius 2 is 2.23 bits per heavy atom. The van der Waals surface area contributed by atoms with Crippen LogP contribution in [0.4, 0.5) is 0 Å². The van der Waals surface area contributed by atoms with Crippen LogP contribution in [0.1, 0.15) is 65.2 Å². The molecule has 0 saturated heterocycles. The molecular weight excluding hydrogens is 280 g/mol. The molecule has 0 spiro atoms. The van der Waals surface area contributed by atoms with E-state index >= 15 is 0 Å². The molecule has 1 aliphatic heterocycles. The van der Waals surface area contributed by atoms with Gasteiger partial charge in [0.15, 0.2) is 0 Å². The third-order valence-corrected chi connectivity index (χ3v) is 4.93. The maximum atomic E-state index is 11.5. The van der Waals surface area contributed by atoms with Crippen LogP contribution in [0.25, 0.3) is 0 Å². The molecule has 0 aromatic carbocycles. The molecule has 1 aliphatic carbocycles. The molecule has 4 atom stereocenters. The second-order valence-corrected chi connectivity index (χ2v) is 6.49. The smallest absolute Gasteiger partial charge is 0.305 e. The van der Waals surface area contributed by atoms with Crippen LogP contribution in [-0.2, 0) is 14.3 Å².